The lowest BCUT2D eigenvalue weighted by atomic mass is 9.63. The summed E-state index contributed by atoms with van der Waals surface area (Å²) in [5.41, 5.74) is 0.394. The normalized spacial score (nSPS) is 31.9. The fraction of sp³-hybridized carbons (Fsp3) is 0.538. The number of rotatable bonds is 8. The van der Waals surface area contributed by atoms with Crippen LogP contribution in [-0.2, 0) is 19.1 Å². The predicted octanol–water partition coefficient (Wildman–Crippen LogP) is 2.89. The minimum absolute atomic E-state index is 0.0614. The van der Waals surface area contributed by atoms with Crippen LogP contribution in [0.4, 0.5) is 0 Å². The number of methoxy groups -OCH3 is 1. The minimum Gasteiger partial charge on any atom is -0.497 e. The number of benzene rings is 1. The van der Waals surface area contributed by atoms with E-state index in [2.05, 4.69) is 12.2 Å². The number of carbonyl (C=O) groups excluding carboxylic acids is 4. The van der Waals surface area contributed by atoms with E-state index < -0.39 is 18.6 Å². The highest BCUT2D eigenvalue weighted by Gasteiger charge is 2.68. The summed E-state index contributed by atoms with van der Waals surface area (Å²) in [6.45, 7) is 3.42. The maximum Gasteiger partial charge on any atom is 0.329 e. The van der Waals surface area contributed by atoms with Crippen LogP contribution in [0.15, 0.2) is 36.4 Å². The molecule has 1 aromatic rings. The molecule has 1 heterocycles. The molecule has 1 saturated heterocycles. The van der Waals surface area contributed by atoms with Crippen LogP contribution in [0.2, 0.25) is 0 Å². The molecule has 0 spiro atoms. The SMILES string of the molecule is COc1ccc(C(=O)COC(=O)[C@H](CC(C)C)N2C(=O)[C@@H]3[C@H]4C=C[C@H]([C@H]5C[C@H]45)[C@@H]3C2=O)cc1. The highest BCUT2D eigenvalue weighted by molar-refractivity contribution is 6.09. The van der Waals surface area contributed by atoms with Crippen molar-refractivity contribution in [2.24, 2.45) is 41.4 Å². The highest BCUT2D eigenvalue weighted by atomic mass is 16.5. The van der Waals surface area contributed by atoms with Gasteiger partial charge in [-0.1, -0.05) is 26.0 Å². The van der Waals surface area contributed by atoms with Gasteiger partial charge in [-0.15, -0.1) is 0 Å². The Morgan fingerprint density at radius 2 is 1.58 bits per heavy atom. The van der Waals surface area contributed by atoms with Crippen molar-refractivity contribution in [2.45, 2.75) is 32.7 Å². The Morgan fingerprint density at radius 3 is 2.09 bits per heavy atom. The zero-order chi connectivity index (χ0) is 23.4. The topological polar surface area (TPSA) is 90.0 Å². The van der Waals surface area contributed by atoms with Crippen molar-refractivity contribution < 1.29 is 28.7 Å². The average Bonchev–Trinajstić information content (AvgIpc) is 3.59. The van der Waals surface area contributed by atoms with Crippen LogP contribution >= 0.6 is 0 Å². The molecule has 1 aliphatic heterocycles. The summed E-state index contributed by atoms with van der Waals surface area (Å²) in [6.07, 6.45) is 5.61. The third-order valence-corrected chi connectivity index (χ3v) is 7.73. The van der Waals surface area contributed by atoms with E-state index in [-0.39, 0.29) is 47.2 Å². The standard InChI is InChI=1S/C26H29NO6/c1-13(2)10-20(26(31)33-12-21(28)14-4-6-15(32-3)7-5-14)27-24(29)22-16-8-9-17(19-11-18(16)19)23(22)25(27)30/h4-9,13,16-20,22-23H,10-12H2,1-3H3/t16-,17+,18-,19-,20+,22+,23-/m1/s1. The van der Waals surface area contributed by atoms with Gasteiger partial charge in [-0.2, -0.15) is 0 Å². The molecule has 174 valence electrons. The van der Waals surface area contributed by atoms with Gasteiger partial charge < -0.3 is 9.47 Å². The van der Waals surface area contributed by atoms with E-state index in [4.69, 9.17) is 9.47 Å². The maximum atomic E-state index is 13.4. The molecule has 7 nitrogen and oxygen atoms in total. The number of likely N-dealkylation sites (tertiary alicyclic amines) is 1. The van der Waals surface area contributed by atoms with Crippen molar-refractivity contribution in [1.29, 1.82) is 0 Å². The van der Waals surface area contributed by atoms with Crippen molar-refractivity contribution in [3.8, 4) is 5.75 Å². The van der Waals surface area contributed by atoms with Crippen molar-refractivity contribution >= 4 is 23.6 Å². The van der Waals surface area contributed by atoms with Gasteiger partial charge in [-0.05, 0) is 66.7 Å². The zero-order valence-corrected chi connectivity index (χ0v) is 19.1. The number of hydrogen-bond donors (Lipinski definition) is 0. The molecule has 7 heteroatoms. The number of imide groups is 1. The number of ketones is 1. The van der Waals surface area contributed by atoms with E-state index in [1.54, 1.807) is 24.3 Å². The summed E-state index contributed by atoms with van der Waals surface area (Å²) < 4.78 is 10.4. The molecule has 0 unspecified atom stereocenters. The third kappa shape index (κ3) is 3.58. The summed E-state index contributed by atoms with van der Waals surface area (Å²) in [7, 11) is 1.54. The molecule has 5 aliphatic rings. The van der Waals surface area contributed by atoms with Crippen molar-refractivity contribution in [3.05, 3.63) is 42.0 Å². The molecule has 3 fully saturated rings. The fourth-order valence-electron chi connectivity index (χ4n) is 6.13. The van der Waals surface area contributed by atoms with E-state index >= 15 is 0 Å². The van der Waals surface area contributed by atoms with Crippen LogP contribution in [0, 0.1) is 41.4 Å². The van der Waals surface area contributed by atoms with Gasteiger partial charge >= 0.3 is 5.97 Å². The zero-order valence-electron chi connectivity index (χ0n) is 19.1. The van der Waals surface area contributed by atoms with Crippen molar-refractivity contribution in [3.63, 3.8) is 0 Å². The van der Waals surface area contributed by atoms with E-state index in [0.717, 1.165) is 6.42 Å². The number of carbonyl (C=O) groups is 4. The Bertz CT molecular complexity index is 992. The average molecular weight is 452 g/mol. The van der Waals surface area contributed by atoms with Crippen LogP contribution in [0.3, 0.4) is 0 Å². The van der Waals surface area contributed by atoms with Gasteiger partial charge in [0.15, 0.2) is 12.4 Å². The monoisotopic (exact) mass is 451 g/mol. The Balaban J connectivity index is 1.31. The molecule has 0 aromatic heterocycles. The molecule has 2 saturated carbocycles. The third-order valence-electron chi connectivity index (χ3n) is 7.73. The predicted molar refractivity (Wildman–Crippen MR) is 118 cm³/mol. The molecular weight excluding hydrogens is 422 g/mol. The molecule has 4 aliphatic carbocycles. The number of amides is 2. The number of esters is 1. The number of hydrogen-bond acceptors (Lipinski definition) is 6. The van der Waals surface area contributed by atoms with E-state index in [1.807, 2.05) is 13.8 Å². The molecule has 6 rings (SSSR count). The summed E-state index contributed by atoms with van der Waals surface area (Å²) in [4.78, 5) is 53.7. The molecule has 2 amide bonds. The van der Waals surface area contributed by atoms with Gasteiger partial charge in [0.25, 0.3) is 0 Å². The van der Waals surface area contributed by atoms with Gasteiger partial charge in [-0.25, -0.2) is 4.79 Å². The quantitative estimate of drug-likeness (QED) is 0.261. The van der Waals surface area contributed by atoms with Crippen molar-refractivity contribution in [2.75, 3.05) is 13.7 Å². The first-order valence-electron chi connectivity index (χ1n) is 11.7. The molecule has 33 heavy (non-hydrogen) atoms. The van der Waals surface area contributed by atoms with Gasteiger partial charge in [0.1, 0.15) is 11.8 Å². The van der Waals surface area contributed by atoms with Gasteiger partial charge in [0.05, 0.1) is 18.9 Å². The smallest absolute Gasteiger partial charge is 0.329 e. The number of Topliss-reactive ketones (excluding diaryl/α,β-unsaturated/α-hetero) is 1. The second kappa shape index (κ2) is 8.12. The first-order chi connectivity index (χ1) is 15.8. The largest absolute Gasteiger partial charge is 0.497 e. The molecule has 7 atom stereocenters. The lowest BCUT2D eigenvalue weighted by Crippen LogP contribution is -2.47. The molecule has 1 aromatic carbocycles. The van der Waals surface area contributed by atoms with Gasteiger partial charge in [0, 0.05) is 5.56 Å². The lowest BCUT2D eigenvalue weighted by molar-refractivity contribution is -0.159. The van der Waals surface area contributed by atoms with Crippen LogP contribution in [0.1, 0.15) is 37.0 Å². The molecule has 0 N–H and O–H groups in total. The Hall–Kier alpha value is -2.96. The van der Waals surface area contributed by atoms with Gasteiger partial charge in [-0.3, -0.25) is 19.3 Å². The Morgan fingerprint density at radius 1 is 1.00 bits per heavy atom. The van der Waals surface area contributed by atoms with Crippen LogP contribution in [0.5, 0.6) is 5.75 Å². The van der Waals surface area contributed by atoms with E-state index in [1.165, 1.54) is 12.0 Å². The van der Waals surface area contributed by atoms with E-state index in [0.29, 0.717) is 29.6 Å². The second-order valence-electron chi connectivity index (χ2n) is 10.1. The van der Waals surface area contributed by atoms with Crippen LogP contribution < -0.4 is 4.74 Å². The molecule has 2 bridgehead atoms. The number of nitrogens with zero attached hydrogens (tertiary/aromatic N) is 1. The van der Waals surface area contributed by atoms with Crippen LogP contribution in [-0.4, -0.2) is 48.2 Å². The Kier molecular flexibility index (Phi) is 5.38. The first kappa shape index (κ1) is 21.9. The number of ether oxygens (including phenoxy) is 2. The summed E-state index contributed by atoms with van der Waals surface area (Å²) >= 11 is 0. The first-order valence-corrected chi connectivity index (χ1v) is 11.7. The number of allylic oxidation sites excluding steroid dienone is 2. The second-order valence-corrected chi connectivity index (χ2v) is 10.1. The van der Waals surface area contributed by atoms with Crippen LogP contribution in [0.25, 0.3) is 0 Å². The highest BCUT2D eigenvalue weighted by Crippen LogP contribution is 2.65. The molecule has 0 radical (unpaired) electrons. The maximum absolute atomic E-state index is 13.4. The Labute approximate surface area is 193 Å². The van der Waals surface area contributed by atoms with Gasteiger partial charge in [0.2, 0.25) is 11.8 Å². The van der Waals surface area contributed by atoms with E-state index in [9.17, 15) is 19.2 Å². The minimum atomic E-state index is -1.00. The summed E-state index contributed by atoms with van der Waals surface area (Å²) in [6, 6.07) is 5.52. The fourth-order valence-corrected chi connectivity index (χ4v) is 6.13. The summed E-state index contributed by atoms with van der Waals surface area (Å²) in [5.74, 6) is -0.415. The molecular formula is C26H29NO6. The van der Waals surface area contributed by atoms with Crippen molar-refractivity contribution in [1.82, 2.24) is 4.90 Å². The summed E-state index contributed by atoms with van der Waals surface area (Å²) in [5, 5.41) is 0. The lowest BCUT2D eigenvalue weighted by Gasteiger charge is -2.37.